The minimum atomic E-state index is -0.142. The number of amides is 1. The number of aromatic nitrogens is 1. The number of carbonyl (C=O) groups is 1. The summed E-state index contributed by atoms with van der Waals surface area (Å²) in [6.45, 7) is 6.79. The molecule has 3 aromatic rings. The number of hydrogen-bond donors (Lipinski definition) is 1. The normalized spacial score (nSPS) is 23.1. The molecule has 0 saturated carbocycles. The molecule has 2 aromatic carbocycles. The fraction of sp³-hybridized carbons (Fsp3) is 0.304. The van der Waals surface area contributed by atoms with Crippen LogP contribution in [0.4, 0.5) is 0 Å². The van der Waals surface area contributed by atoms with Gasteiger partial charge in [-0.3, -0.25) is 4.79 Å². The highest BCUT2D eigenvalue weighted by Crippen LogP contribution is 2.31. The summed E-state index contributed by atoms with van der Waals surface area (Å²) in [7, 11) is 0. The SMILES string of the molecule is C=COc1cc(C(=O)NC2CN3CCC2CC3)c2nc(-c3ccccc3)oc2c1. The van der Waals surface area contributed by atoms with Crippen molar-refractivity contribution in [2.45, 2.75) is 18.9 Å². The van der Waals surface area contributed by atoms with Gasteiger partial charge >= 0.3 is 0 Å². The predicted molar refractivity (Wildman–Crippen MR) is 111 cm³/mol. The van der Waals surface area contributed by atoms with Gasteiger partial charge in [-0.2, -0.15) is 0 Å². The number of ether oxygens (including phenoxy) is 1. The van der Waals surface area contributed by atoms with Crippen LogP contribution in [0.1, 0.15) is 23.2 Å². The lowest BCUT2D eigenvalue weighted by Crippen LogP contribution is -2.57. The van der Waals surface area contributed by atoms with Gasteiger partial charge in [0.25, 0.3) is 5.91 Å². The van der Waals surface area contributed by atoms with Crippen LogP contribution in [0.2, 0.25) is 0 Å². The van der Waals surface area contributed by atoms with Gasteiger partial charge < -0.3 is 19.4 Å². The van der Waals surface area contributed by atoms with E-state index in [-0.39, 0.29) is 11.9 Å². The zero-order valence-corrected chi connectivity index (χ0v) is 16.1. The number of nitrogens with zero attached hydrogens (tertiary/aromatic N) is 2. The molecule has 2 bridgehead atoms. The molecule has 6 rings (SSSR count). The van der Waals surface area contributed by atoms with Crippen molar-refractivity contribution < 1.29 is 13.9 Å². The maximum Gasteiger partial charge on any atom is 0.254 e. The quantitative estimate of drug-likeness (QED) is 0.672. The summed E-state index contributed by atoms with van der Waals surface area (Å²) in [4.78, 5) is 20.3. The van der Waals surface area contributed by atoms with Gasteiger partial charge in [-0.15, -0.1) is 0 Å². The third-order valence-electron chi connectivity index (χ3n) is 5.93. The molecular weight excluding hydrogens is 366 g/mol. The Morgan fingerprint density at radius 1 is 1.24 bits per heavy atom. The van der Waals surface area contributed by atoms with E-state index < -0.39 is 0 Å². The maximum atomic E-state index is 13.2. The van der Waals surface area contributed by atoms with Gasteiger partial charge in [0.2, 0.25) is 5.89 Å². The van der Waals surface area contributed by atoms with Crippen molar-refractivity contribution >= 4 is 17.0 Å². The highest BCUT2D eigenvalue weighted by molar-refractivity contribution is 6.05. The molecule has 1 N–H and O–H groups in total. The second kappa shape index (κ2) is 7.37. The summed E-state index contributed by atoms with van der Waals surface area (Å²) in [6, 6.07) is 13.3. The Labute approximate surface area is 169 Å². The van der Waals surface area contributed by atoms with Crippen LogP contribution in [0.3, 0.4) is 0 Å². The number of fused-ring (bicyclic) bond motifs is 4. The molecule has 4 heterocycles. The van der Waals surface area contributed by atoms with Gasteiger partial charge in [0.1, 0.15) is 11.3 Å². The molecule has 1 aromatic heterocycles. The highest BCUT2D eigenvalue weighted by atomic mass is 16.5. The molecule has 1 atom stereocenters. The van der Waals surface area contributed by atoms with Crippen LogP contribution in [-0.2, 0) is 0 Å². The van der Waals surface area contributed by atoms with E-state index in [9.17, 15) is 4.79 Å². The number of hydrogen-bond acceptors (Lipinski definition) is 5. The number of rotatable bonds is 5. The van der Waals surface area contributed by atoms with Gasteiger partial charge in [-0.1, -0.05) is 24.8 Å². The molecule has 6 heteroatoms. The van der Waals surface area contributed by atoms with E-state index in [1.54, 1.807) is 12.1 Å². The highest BCUT2D eigenvalue weighted by Gasteiger charge is 2.35. The summed E-state index contributed by atoms with van der Waals surface area (Å²) in [6.07, 6.45) is 3.62. The van der Waals surface area contributed by atoms with E-state index in [1.165, 1.54) is 6.26 Å². The van der Waals surface area contributed by atoms with Crippen LogP contribution < -0.4 is 10.1 Å². The zero-order chi connectivity index (χ0) is 19.8. The van der Waals surface area contributed by atoms with Crippen LogP contribution in [0.5, 0.6) is 5.75 Å². The van der Waals surface area contributed by atoms with Crippen molar-refractivity contribution in [1.82, 2.24) is 15.2 Å². The Kier molecular flexibility index (Phi) is 4.56. The number of benzene rings is 2. The first-order valence-electron chi connectivity index (χ1n) is 10.0. The molecule has 148 valence electrons. The third-order valence-corrected chi connectivity index (χ3v) is 5.93. The van der Waals surface area contributed by atoms with Gasteiger partial charge in [0.05, 0.1) is 11.8 Å². The lowest BCUT2D eigenvalue weighted by atomic mass is 9.84. The largest absolute Gasteiger partial charge is 0.465 e. The van der Waals surface area contributed by atoms with Crippen LogP contribution >= 0.6 is 0 Å². The molecule has 0 radical (unpaired) electrons. The molecule has 1 amide bonds. The molecule has 3 fully saturated rings. The van der Waals surface area contributed by atoms with E-state index in [4.69, 9.17) is 9.15 Å². The molecule has 29 heavy (non-hydrogen) atoms. The Hall–Kier alpha value is -3.12. The maximum absolute atomic E-state index is 13.2. The summed E-state index contributed by atoms with van der Waals surface area (Å²) in [5.41, 5.74) is 2.38. The van der Waals surface area contributed by atoms with Crippen LogP contribution in [-0.4, -0.2) is 41.5 Å². The fourth-order valence-electron chi connectivity index (χ4n) is 4.42. The molecule has 1 unspecified atom stereocenters. The van der Waals surface area contributed by atoms with Crippen molar-refractivity contribution in [2.24, 2.45) is 5.92 Å². The lowest BCUT2D eigenvalue weighted by Gasteiger charge is -2.44. The monoisotopic (exact) mass is 389 g/mol. The first-order valence-corrected chi connectivity index (χ1v) is 10.0. The van der Waals surface area contributed by atoms with Crippen LogP contribution in [0.25, 0.3) is 22.6 Å². The van der Waals surface area contributed by atoms with Gasteiger partial charge in [-0.25, -0.2) is 4.98 Å². The molecular formula is C23H23N3O3. The van der Waals surface area contributed by atoms with Gasteiger partial charge in [0, 0.05) is 24.2 Å². The first-order chi connectivity index (χ1) is 14.2. The summed E-state index contributed by atoms with van der Waals surface area (Å²) in [5, 5.41) is 3.23. The Morgan fingerprint density at radius 2 is 2.03 bits per heavy atom. The standard InChI is InChI=1S/C23H23N3O3/c1-2-28-17-12-18(22(27)24-19-14-26-10-8-15(19)9-11-26)21-20(13-17)29-23(25-21)16-6-4-3-5-7-16/h2-7,12-13,15,19H,1,8-11,14H2,(H,24,27). The van der Waals surface area contributed by atoms with E-state index in [0.29, 0.717) is 34.2 Å². The van der Waals surface area contributed by atoms with Crippen molar-refractivity contribution in [3.05, 3.63) is 60.9 Å². The Bertz CT molecular complexity index is 1050. The topological polar surface area (TPSA) is 67.6 Å². The van der Waals surface area contributed by atoms with Gasteiger partial charge in [0.15, 0.2) is 5.58 Å². The predicted octanol–water partition coefficient (Wildman–Crippen LogP) is 3.84. The van der Waals surface area contributed by atoms with E-state index in [1.807, 2.05) is 30.3 Å². The van der Waals surface area contributed by atoms with E-state index in [0.717, 1.165) is 38.0 Å². The minimum Gasteiger partial charge on any atom is -0.465 e. The average molecular weight is 389 g/mol. The second-order valence-corrected chi connectivity index (χ2v) is 7.71. The smallest absolute Gasteiger partial charge is 0.254 e. The average Bonchev–Trinajstić information content (AvgIpc) is 3.19. The van der Waals surface area contributed by atoms with E-state index >= 15 is 0 Å². The Balaban J connectivity index is 1.51. The van der Waals surface area contributed by atoms with Crippen molar-refractivity contribution in [1.29, 1.82) is 0 Å². The summed E-state index contributed by atoms with van der Waals surface area (Å²) < 4.78 is 11.4. The van der Waals surface area contributed by atoms with E-state index in [2.05, 4.69) is 21.8 Å². The van der Waals surface area contributed by atoms with Crippen LogP contribution in [0.15, 0.2) is 59.7 Å². The molecule has 0 aliphatic carbocycles. The minimum absolute atomic E-state index is 0.142. The molecule has 3 aliphatic heterocycles. The number of nitrogens with one attached hydrogen (secondary N) is 1. The summed E-state index contributed by atoms with van der Waals surface area (Å²) >= 11 is 0. The van der Waals surface area contributed by atoms with Crippen molar-refractivity contribution in [2.75, 3.05) is 19.6 Å². The second-order valence-electron chi connectivity index (χ2n) is 7.71. The zero-order valence-electron chi connectivity index (χ0n) is 16.1. The number of carbonyl (C=O) groups excluding carboxylic acids is 1. The van der Waals surface area contributed by atoms with Gasteiger partial charge in [-0.05, 0) is 50.0 Å². The summed E-state index contributed by atoms with van der Waals surface area (Å²) in [5.74, 6) is 1.39. The first kappa shape index (κ1) is 17.9. The molecule has 3 saturated heterocycles. The third kappa shape index (κ3) is 3.40. The van der Waals surface area contributed by atoms with Crippen molar-refractivity contribution in [3.63, 3.8) is 0 Å². The molecule has 0 spiro atoms. The lowest BCUT2D eigenvalue weighted by molar-refractivity contribution is 0.0621. The molecule has 3 aliphatic rings. The Morgan fingerprint density at radius 3 is 2.72 bits per heavy atom. The van der Waals surface area contributed by atoms with Crippen molar-refractivity contribution in [3.8, 4) is 17.2 Å². The van der Waals surface area contributed by atoms with Crippen LogP contribution in [0, 0.1) is 5.92 Å². The number of piperidine rings is 3. The number of oxazole rings is 1. The molecule has 6 nitrogen and oxygen atoms in total. The fourth-order valence-corrected chi connectivity index (χ4v) is 4.42.